The Bertz CT molecular complexity index is 498. The van der Waals surface area contributed by atoms with Crippen LogP contribution in [0.1, 0.15) is 44.6 Å². The van der Waals surface area contributed by atoms with Crippen LogP contribution in [0.2, 0.25) is 0 Å². The number of carbonyl (C=O) groups is 1. The number of hydrogen-bond donors (Lipinski definition) is 1. The summed E-state index contributed by atoms with van der Waals surface area (Å²) in [5.74, 6) is 1.06. The van der Waals surface area contributed by atoms with Crippen LogP contribution in [0, 0.1) is 0 Å². The van der Waals surface area contributed by atoms with Crippen molar-refractivity contribution >= 4 is 5.91 Å². The third-order valence-electron chi connectivity index (χ3n) is 4.82. The van der Waals surface area contributed by atoms with Crippen LogP contribution in [0.3, 0.4) is 0 Å². The van der Waals surface area contributed by atoms with E-state index in [0.29, 0.717) is 12.6 Å². The van der Waals surface area contributed by atoms with Crippen LogP contribution in [-0.2, 0) is 11.2 Å². The van der Waals surface area contributed by atoms with Gasteiger partial charge in [-0.15, -0.1) is 0 Å². The molecule has 1 aromatic rings. The van der Waals surface area contributed by atoms with Crippen molar-refractivity contribution in [2.75, 3.05) is 20.7 Å². The lowest BCUT2D eigenvalue weighted by atomic mass is 9.95. The van der Waals surface area contributed by atoms with E-state index in [1.807, 2.05) is 25.2 Å². The van der Waals surface area contributed by atoms with Crippen LogP contribution in [0.25, 0.3) is 0 Å². The van der Waals surface area contributed by atoms with Gasteiger partial charge in [-0.25, -0.2) is 0 Å². The smallest absolute Gasteiger partial charge is 0.234 e. The predicted molar refractivity (Wildman–Crippen MR) is 93.8 cm³/mol. The highest BCUT2D eigenvalue weighted by Crippen LogP contribution is 2.20. The second-order valence-corrected chi connectivity index (χ2v) is 6.68. The molecule has 0 aliphatic heterocycles. The fourth-order valence-electron chi connectivity index (χ4n) is 3.25. The Morgan fingerprint density at radius 1 is 1.30 bits per heavy atom. The quantitative estimate of drug-likeness (QED) is 0.840. The number of amides is 1. The standard InChI is InChI=1S/C19H30N2O2/c1-15(13-16-9-7-8-12-18(16)23-3)21(2)14-19(22)20-17-10-5-4-6-11-17/h7-9,12,15,17H,4-6,10-11,13-14H2,1-3H3,(H,20,22). The molecular formula is C19H30N2O2. The number of nitrogens with one attached hydrogen (secondary N) is 1. The maximum absolute atomic E-state index is 12.2. The van der Waals surface area contributed by atoms with Crippen LogP contribution in [0.5, 0.6) is 5.75 Å². The number of benzene rings is 1. The van der Waals surface area contributed by atoms with E-state index in [0.717, 1.165) is 25.0 Å². The third-order valence-corrected chi connectivity index (χ3v) is 4.82. The molecule has 128 valence electrons. The Hall–Kier alpha value is -1.55. The number of likely N-dealkylation sites (N-methyl/N-ethyl adjacent to an activating group) is 1. The van der Waals surface area contributed by atoms with E-state index in [4.69, 9.17) is 4.74 Å². The monoisotopic (exact) mass is 318 g/mol. The van der Waals surface area contributed by atoms with Gasteiger partial charge in [0, 0.05) is 12.1 Å². The van der Waals surface area contributed by atoms with Gasteiger partial charge in [0.05, 0.1) is 13.7 Å². The minimum atomic E-state index is 0.145. The SMILES string of the molecule is COc1ccccc1CC(C)N(C)CC(=O)NC1CCCCC1. The van der Waals surface area contributed by atoms with Crippen molar-refractivity contribution in [3.63, 3.8) is 0 Å². The lowest BCUT2D eigenvalue weighted by Crippen LogP contribution is -2.44. The fraction of sp³-hybridized carbons (Fsp3) is 0.632. The van der Waals surface area contributed by atoms with Crippen molar-refractivity contribution in [1.82, 2.24) is 10.2 Å². The molecule has 1 saturated carbocycles. The average Bonchev–Trinajstić information content (AvgIpc) is 2.56. The van der Waals surface area contributed by atoms with Gasteiger partial charge in [-0.2, -0.15) is 0 Å². The van der Waals surface area contributed by atoms with Crippen molar-refractivity contribution in [3.8, 4) is 5.75 Å². The first-order valence-corrected chi connectivity index (χ1v) is 8.71. The van der Waals surface area contributed by atoms with Gasteiger partial charge < -0.3 is 10.1 Å². The lowest BCUT2D eigenvalue weighted by Gasteiger charge is -2.27. The Morgan fingerprint density at radius 2 is 2.00 bits per heavy atom. The van der Waals surface area contributed by atoms with Gasteiger partial charge in [-0.3, -0.25) is 9.69 Å². The molecule has 4 nitrogen and oxygen atoms in total. The molecule has 0 heterocycles. The van der Waals surface area contributed by atoms with E-state index in [1.54, 1.807) is 7.11 Å². The zero-order valence-electron chi connectivity index (χ0n) is 14.7. The van der Waals surface area contributed by atoms with Crippen LogP contribution < -0.4 is 10.1 Å². The first-order valence-electron chi connectivity index (χ1n) is 8.71. The molecule has 4 heteroatoms. The highest BCUT2D eigenvalue weighted by molar-refractivity contribution is 5.78. The van der Waals surface area contributed by atoms with E-state index < -0.39 is 0 Å². The molecule has 0 spiro atoms. The predicted octanol–water partition coefficient (Wildman–Crippen LogP) is 3.01. The van der Waals surface area contributed by atoms with Gasteiger partial charge in [0.15, 0.2) is 0 Å². The summed E-state index contributed by atoms with van der Waals surface area (Å²) in [5, 5.41) is 3.19. The van der Waals surface area contributed by atoms with Crippen molar-refractivity contribution in [2.24, 2.45) is 0 Å². The Labute approximate surface area is 140 Å². The molecule has 1 atom stereocenters. The summed E-state index contributed by atoms with van der Waals surface area (Å²) in [6.45, 7) is 2.60. The fourth-order valence-corrected chi connectivity index (χ4v) is 3.25. The molecule has 0 saturated heterocycles. The van der Waals surface area contributed by atoms with E-state index in [2.05, 4.69) is 23.2 Å². The minimum absolute atomic E-state index is 0.145. The summed E-state index contributed by atoms with van der Waals surface area (Å²) >= 11 is 0. The first-order chi connectivity index (χ1) is 11.1. The van der Waals surface area contributed by atoms with E-state index in [9.17, 15) is 4.79 Å². The van der Waals surface area contributed by atoms with Gasteiger partial charge in [0.1, 0.15) is 5.75 Å². The molecule has 1 aliphatic carbocycles. The average molecular weight is 318 g/mol. The maximum atomic E-state index is 12.2. The highest BCUT2D eigenvalue weighted by Gasteiger charge is 2.19. The van der Waals surface area contributed by atoms with Crippen LogP contribution in [0.4, 0.5) is 0 Å². The summed E-state index contributed by atoms with van der Waals surface area (Å²) in [7, 11) is 3.71. The third kappa shape index (κ3) is 5.54. The van der Waals surface area contributed by atoms with Crippen molar-refractivity contribution in [2.45, 2.75) is 57.5 Å². The highest BCUT2D eigenvalue weighted by atomic mass is 16.5. The summed E-state index contributed by atoms with van der Waals surface area (Å²) in [4.78, 5) is 14.3. The summed E-state index contributed by atoms with van der Waals surface area (Å²) < 4.78 is 5.41. The number of ether oxygens (including phenoxy) is 1. The lowest BCUT2D eigenvalue weighted by molar-refractivity contribution is -0.123. The topological polar surface area (TPSA) is 41.6 Å². The molecular weight excluding hydrogens is 288 g/mol. The number of nitrogens with zero attached hydrogens (tertiary/aromatic N) is 1. The zero-order valence-corrected chi connectivity index (χ0v) is 14.7. The summed E-state index contributed by atoms with van der Waals surface area (Å²) in [6.07, 6.45) is 6.92. The van der Waals surface area contributed by atoms with Crippen molar-refractivity contribution in [1.29, 1.82) is 0 Å². The number of para-hydroxylation sites is 1. The summed E-state index contributed by atoms with van der Waals surface area (Å²) in [6, 6.07) is 8.75. The number of carbonyl (C=O) groups excluding carboxylic acids is 1. The first kappa shape index (κ1) is 17.8. The number of methoxy groups -OCH3 is 1. The molecule has 0 aromatic heterocycles. The Morgan fingerprint density at radius 3 is 2.70 bits per heavy atom. The molecule has 0 bridgehead atoms. The van der Waals surface area contributed by atoms with Gasteiger partial charge in [-0.05, 0) is 44.9 Å². The Balaban J connectivity index is 1.81. The van der Waals surface area contributed by atoms with Gasteiger partial charge in [0.25, 0.3) is 0 Å². The van der Waals surface area contributed by atoms with Gasteiger partial charge in [-0.1, -0.05) is 37.5 Å². The van der Waals surface area contributed by atoms with Crippen LogP contribution in [-0.4, -0.2) is 43.6 Å². The number of hydrogen-bond acceptors (Lipinski definition) is 3. The second kappa shape index (κ2) is 8.92. The molecule has 1 fully saturated rings. The molecule has 23 heavy (non-hydrogen) atoms. The molecule has 2 rings (SSSR count). The molecule has 1 amide bonds. The normalized spacial score (nSPS) is 17.0. The summed E-state index contributed by atoms with van der Waals surface area (Å²) in [5.41, 5.74) is 1.18. The Kier molecular flexibility index (Phi) is 6.90. The van der Waals surface area contributed by atoms with E-state index >= 15 is 0 Å². The van der Waals surface area contributed by atoms with Gasteiger partial charge in [0.2, 0.25) is 5.91 Å². The van der Waals surface area contributed by atoms with Crippen molar-refractivity contribution in [3.05, 3.63) is 29.8 Å². The van der Waals surface area contributed by atoms with Crippen molar-refractivity contribution < 1.29 is 9.53 Å². The van der Waals surface area contributed by atoms with E-state index in [-0.39, 0.29) is 11.9 Å². The molecule has 0 radical (unpaired) electrons. The largest absolute Gasteiger partial charge is 0.496 e. The molecule has 1 unspecified atom stereocenters. The number of rotatable bonds is 7. The molecule has 1 N–H and O–H groups in total. The van der Waals surface area contributed by atoms with Crippen LogP contribution in [0.15, 0.2) is 24.3 Å². The maximum Gasteiger partial charge on any atom is 0.234 e. The van der Waals surface area contributed by atoms with Crippen LogP contribution >= 0.6 is 0 Å². The van der Waals surface area contributed by atoms with Gasteiger partial charge >= 0.3 is 0 Å². The zero-order chi connectivity index (χ0) is 16.7. The second-order valence-electron chi connectivity index (χ2n) is 6.68. The molecule has 1 aliphatic rings. The molecule has 1 aromatic carbocycles. The van der Waals surface area contributed by atoms with E-state index in [1.165, 1.54) is 24.8 Å². The minimum Gasteiger partial charge on any atom is -0.496 e.